The summed E-state index contributed by atoms with van der Waals surface area (Å²) in [6.45, 7) is 2.22. The van der Waals surface area contributed by atoms with Crippen LogP contribution in [0.3, 0.4) is 0 Å². The first-order valence-corrected chi connectivity index (χ1v) is 10.7. The molecular formula is C22H37NO3. The van der Waals surface area contributed by atoms with Crippen LogP contribution in [0.2, 0.25) is 0 Å². The number of carbonyl (C=O) groups is 1. The van der Waals surface area contributed by atoms with Gasteiger partial charge in [-0.05, 0) is 50.9 Å². The van der Waals surface area contributed by atoms with Gasteiger partial charge >= 0.3 is 5.97 Å². The quantitative estimate of drug-likeness (QED) is 0.256. The number of aliphatic hydroxyl groups is 1. The van der Waals surface area contributed by atoms with Crippen LogP contribution in [0.5, 0.6) is 0 Å². The van der Waals surface area contributed by atoms with Gasteiger partial charge in [0, 0.05) is 24.5 Å². The van der Waals surface area contributed by atoms with Crippen molar-refractivity contribution in [1.29, 1.82) is 5.41 Å². The molecule has 0 saturated heterocycles. The van der Waals surface area contributed by atoms with Crippen LogP contribution < -0.4 is 0 Å². The molecule has 0 radical (unpaired) electrons. The lowest BCUT2D eigenvalue weighted by Crippen LogP contribution is -2.26. The number of hydrogen-bond acceptors (Lipinski definition) is 4. The van der Waals surface area contributed by atoms with Crippen molar-refractivity contribution in [2.45, 2.75) is 103 Å². The first-order chi connectivity index (χ1) is 12.6. The zero-order valence-corrected chi connectivity index (χ0v) is 16.4. The van der Waals surface area contributed by atoms with Gasteiger partial charge in [0.1, 0.15) is 6.10 Å². The highest BCUT2D eigenvalue weighted by Crippen LogP contribution is 2.40. The minimum absolute atomic E-state index is 0.122. The standard InChI is InChI=1S/C22H37NO3/c1-2-3-4-5-8-11-17(23)14-15-18-19-12-9-6-7-10-13-22(25)26-21(19)16-20(18)24/h6,9,18-21,23-24H,2-5,7-8,10-16H2,1H3/b9-6-,23-17?/t18-,19-,20-,21+/m1/s1. The van der Waals surface area contributed by atoms with E-state index in [1.54, 1.807) is 0 Å². The van der Waals surface area contributed by atoms with E-state index in [-0.39, 0.29) is 23.9 Å². The molecule has 4 nitrogen and oxygen atoms in total. The Balaban J connectivity index is 1.82. The van der Waals surface area contributed by atoms with Gasteiger partial charge in [0.15, 0.2) is 0 Å². The maximum atomic E-state index is 12.0. The highest BCUT2D eigenvalue weighted by atomic mass is 16.5. The van der Waals surface area contributed by atoms with Crippen molar-refractivity contribution < 1.29 is 14.6 Å². The molecular weight excluding hydrogens is 326 g/mol. The second kappa shape index (κ2) is 11.5. The van der Waals surface area contributed by atoms with Gasteiger partial charge in [-0.3, -0.25) is 4.79 Å². The second-order valence-electron chi connectivity index (χ2n) is 8.06. The molecule has 1 fully saturated rings. The Bertz CT molecular complexity index is 474. The summed E-state index contributed by atoms with van der Waals surface area (Å²) in [6.07, 6.45) is 16.0. The molecule has 4 atom stereocenters. The van der Waals surface area contributed by atoms with Gasteiger partial charge < -0.3 is 15.3 Å². The number of hydrogen-bond donors (Lipinski definition) is 2. The fourth-order valence-corrected chi connectivity index (χ4v) is 4.39. The maximum absolute atomic E-state index is 12.0. The summed E-state index contributed by atoms with van der Waals surface area (Å²) in [5.41, 5.74) is 0.810. The Kier molecular flexibility index (Phi) is 9.38. The minimum atomic E-state index is -0.413. The topological polar surface area (TPSA) is 70.4 Å². The predicted octanol–water partition coefficient (Wildman–Crippen LogP) is 5.19. The van der Waals surface area contributed by atoms with E-state index in [2.05, 4.69) is 19.1 Å². The number of carbonyl (C=O) groups excluding carboxylic acids is 1. The number of fused-ring (bicyclic) bond motifs is 1. The number of nitrogens with one attached hydrogen (secondary N) is 1. The van der Waals surface area contributed by atoms with E-state index >= 15 is 0 Å². The molecule has 2 N–H and O–H groups in total. The third-order valence-electron chi connectivity index (χ3n) is 5.97. The van der Waals surface area contributed by atoms with E-state index in [0.29, 0.717) is 12.8 Å². The molecule has 0 spiro atoms. The van der Waals surface area contributed by atoms with Crippen molar-refractivity contribution in [1.82, 2.24) is 0 Å². The average Bonchev–Trinajstić information content (AvgIpc) is 2.90. The van der Waals surface area contributed by atoms with Gasteiger partial charge in [0.05, 0.1) is 6.10 Å². The molecule has 1 aliphatic carbocycles. The molecule has 26 heavy (non-hydrogen) atoms. The smallest absolute Gasteiger partial charge is 0.306 e. The Morgan fingerprint density at radius 3 is 2.85 bits per heavy atom. The number of ether oxygens (including phenoxy) is 1. The first-order valence-electron chi connectivity index (χ1n) is 10.7. The van der Waals surface area contributed by atoms with E-state index < -0.39 is 6.10 Å². The molecule has 0 bridgehead atoms. The van der Waals surface area contributed by atoms with Crippen molar-refractivity contribution >= 4 is 11.7 Å². The number of rotatable bonds is 9. The summed E-state index contributed by atoms with van der Waals surface area (Å²) < 4.78 is 5.67. The van der Waals surface area contributed by atoms with Crippen LogP contribution in [0.4, 0.5) is 0 Å². The lowest BCUT2D eigenvalue weighted by atomic mass is 9.85. The van der Waals surface area contributed by atoms with Gasteiger partial charge in [0.25, 0.3) is 0 Å². The monoisotopic (exact) mass is 363 g/mol. The molecule has 0 amide bonds. The molecule has 0 aromatic heterocycles. The van der Waals surface area contributed by atoms with Gasteiger partial charge in [0.2, 0.25) is 0 Å². The van der Waals surface area contributed by atoms with Crippen LogP contribution in [0.1, 0.15) is 90.4 Å². The lowest BCUT2D eigenvalue weighted by Gasteiger charge is -2.25. The van der Waals surface area contributed by atoms with E-state index in [0.717, 1.165) is 50.7 Å². The fourth-order valence-electron chi connectivity index (χ4n) is 4.39. The van der Waals surface area contributed by atoms with Crippen LogP contribution in [-0.4, -0.2) is 29.0 Å². The zero-order valence-electron chi connectivity index (χ0n) is 16.4. The normalized spacial score (nSPS) is 30.5. The second-order valence-corrected chi connectivity index (χ2v) is 8.06. The van der Waals surface area contributed by atoms with E-state index in [1.807, 2.05) is 0 Å². The van der Waals surface area contributed by atoms with Gasteiger partial charge in [-0.2, -0.15) is 0 Å². The Hall–Kier alpha value is -1.16. The Morgan fingerprint density at radius 2 is 2.04 bits per heavy atom. The SMILES string of the molecule is CCCCCCCC(=N)CC[C@@H]1[C@H]2C/C=C\CCCC(=O)O[C@H]2C[C@H]1O. The molecule has 1 aliphatic heterocycles. The zero-order chi connectivity index (χ0) is 18.8. The molecule has 0 aromatic rings. The summed E-state index contributed by atoms with van der Waals surface area (Å²) in [6, 6.07) is 0. The number of esters is 1. The van der Waals surface area contributed by atoms with Crippen molar-refractivity contribution in [2.24, 2.45) is 11.8 Å². The summed E-state index contributed by atoms with van der Waals surface area (Å²) >= 11 is 0. The van der Waals surface area contributed by atoms with Gasteiger partial charge in [-0.15, -0.1) is 0 Å². The first kappa shape index (κ1) is 21.1. The van der Waals surface area contributed by atoms with Crippen molar-refractivity contribution in [2.75, 3.05) is 0 Å². The van der Waals surface area contributed by atoms with Crippen molar-refractivity contribution in [3.05, 3.63) is 12.2 Å². The maximum Gasteiger partial charge on any atom is 0.306 e. The Morgan fingerprint density at radius 1 is 1.23 bits per heavy atom. The van der Waals surface area contributed by atoms with E-state index in [4.69, 9.17) is 10.1 Å². The van der Waals surface area contributed by atoms with Crippen LogP contribution in [-0.2, 0) is 9.53 Å². The van der Waals surface area contributed by atoms with Crippen LogP contribution in [0.25, 0.3) is 0 Å². The minimum Gasteiger partial charge on any atom is -0.462 e. The van der Waals surface area contributed by atoms with Crippen LogP contribution >= 0.6 is 0 Å². The number of allylic oxidation sites excluding steroid dienone is 2. The summed E-state index contributed by atoms with van der Waals surface area (Å²) in [5, 5.41) is 18.8. The van der Waals surface area contributed by atoms with Crippen LogP contribution in [0, 0.1) is 17.2 Å². The third kappa shape index (κ3) is 6.86. The fraction of sp³-hybridized carbons (Fsp3) is 0.818. The van der Waals surface area contributed by atoms with Crippen LogP contribution in [0.15, 0.2) is 12.2 Å². The van der Waals surface area contributed by atoms with Gasteiger partial charge in [-0.1, -0.05) is 44.8 Å². The third-order valence-corrected chi connectivity index (χ3v) is 5.97. The number of unbranched alkanes of at least 4 members (excludes halogenated alkanes) is 4. The Labute approximate surface area is 158 Å². The lowest BCUT2D eigenvalue weighted by molar-refractivity contribution is -0.151. The largest absolute Gasteiger partial charge is 0.462 e. The van der Waals surface area contributed by atoms with Gasteiger partial charge in [-0.25, -0.2) is 0 Å². The highest BCUT2D eigenvalue weighted by molar-refractivity contribution is 5.81. The van der Waals surface area contributed by atoms with E-state index in [9.17, 15) is 9.90 Å². The molecule has 2 rings (SSSR count). The van der Waals surface area contributed by atoms with Crippen molar-refractivity contribution in [3.63, 3.8) is 0 Å². The summed E-state index contributed by atoms with van der Waals surface area (Å²) in [5.74, 6) is 0.209. The molecule has 1 saturated carbocycles. The van der Waals surface area contributed by atoms with E-state index in [1.165, 1.54) is 25.7 Å². The molecule has 4 heteroatoms. The molecule has 0 unspecified atom stereocenters. The number of aliphatic hydroxyl groups excluding tert-OH is 1. The van der Waals surface area contributed by atoms with Crippen molar-refractivity contribution in [3.8, 4) is 0 Å². The summed E-state index contributed by atoms with van der Waals surface area (Å²) in [7, 11) is 0. The molecule has 2 aliphatic rings. The molecule has 148 valence electrons. The summed E-state index contributed by atoms with van der Waals surface area (Å²) in [4.78, 5) is 12.0. The average molecular weight is 364 g/mol. The molecule has 1 heterocycles. The highest BCUT2D eigenvalue weighted by Gasteiger charge is 2.43. The molecule has 0 aromatic carbocycles. The predicted molar refractivity (Wildman–Crippen MR) is 105 cm³/mol.